The smallest absolute Gasteiger partial charge is 0.0348 e. The Morgan fingerprint density at radius 2 is 1.80 bits per heavy atom. The molecule has 1 atom stereocenters. The maximum Gasteiger partial charge on any atom is 0.0348 e. The van der Waals surface area contributed by atoms with Crippen LogP contribution in [0.4, 0.5) is 0 Å². The van der Waals surface area contributed by atoms with Crippen LogP contribution in [0.25, 0.3) is 0 Å². The minimum Gasteiger partial charge on any atom is -0.299 e. The third kappa shape index (κ3) is 1.69. The van der Waals surface area contributed by atoms with Crippen molar-refractivity contribution in [3.63, 3.8) is 0 Å². The molecule has 1 nitrogen and oxygen atoms in total. The van der Waals surface area contributed by atoms with Crippen LogP contribution >= 0.6 is 0 Å². The number of likely N-dealkylation sites (tertiary alicyclic amines) is 1. The Bertz CT molecular complexity index is 354. The Hall–Kier alpha value is -0.820. The molecule has 2 fully saturated rings. The van der Waals surface area contributed by atoms with E-state index in [1.807, 2.05) is 0 Å². The topological polar surface area (TPSA) is 3.24 Å². The minimum absolute atomic E-state index is 0.696. The third-order valence-corrected chi connectivity index (χ3v) is 3.89. The van der Waals surface area contributed by atoms with Gasteiger partial charge in [0.2, 0.25) is 0 Å². The Morgan fingerprint density at radius 1 is 1.07 bits per heavy atom. The first kappa shape index (κ1) is 9.41. The van der Waals surface area contributed by atoms with Crippen molar-refractivity contribution in [1.29, 1.82) is 0 Å². The fourth-order valence-electron chi connectivity index (χ4n) is 2.88. The quantitative estimate of drug-likeness (QED) is 0.709. The van der Waals surface area contributed by atoms with Crippen LogP contribution in [-0.2, 0) is 0 Å². The molecule has 0 aromatic heterocycles. The highest BCUT2D eigenvalue weighted by Crippen LogP contribution is 2.45. The average Bonchev–Trinajstić information content (AvgIpc) is 3.02. The van der Waals surface area contributed by atoms with E-state index in [2.05, 4.69) is 36.2 Å². The van der Waals surface area contributed by atoms with Gasteiger partial charge in [0.05, 0.1) is 0 Å². The van der Waals surface area contributed by atoms with Gasteiger partial charge in [0.25, 0.3) is 0 Å². The Labute approximate surface area is 92.1 Å². The first-order valence-electron chi connectivity index (χ1n) is 6.15. The van der Waals surface area contributed by atoms with Crippen LogP contribution < -0.4 is 0 Å². The number of rotatable bonds is 2. The first-order chi connectivity index (χ1) is 7.36. The highest BCUT2D eigenvalue weighted by Gasteiger charge is 2.30. The molecule has 15 heavy (non-hydrogen) atoms. The second kappa shape index (κ2) is 3.64. The van der Waals surface area contributed by atoms with Crippen molar-refractivity contribution < 1.29 is 0 Å². The third-order valence-electron chi connectivity index (χ3n) is 3.89. The van der Waals surface area contributed by atoms with Crippen molar-refractivity contribution >= 4 is 0 Å². The summed E-state index contributed by atoms with van der Waals surface area (Å²) in [6, 6.07) is 9.79. The number of benzene rings is 1. The highest BCUT2D eigenvalue weighted by atomic mass is 15.1. The lowest BCUT2D eigenvalue weighted by Crippen LogP contribution is -2.18. The predicted octanol–water partition coefficient (Wildman–Crippen LogP) is 3.33. The fraction of sp³-hybridized carbons (Fsp3) is 0.571. The van der Waals surface area contributed by atoms with Gasteiger partial charge in [0.1, 0.15) is 0 Å². The van der Waals surface area contributed by atoms with Crippen LogP contribution in [0.15, 0.2) is 24.3 Å². The summed E-state index contributed by atoms with van der Waals surface area (Å²) in [6.45, 7) is 1.27. The average molecular weight is 201 g/mol. The van der Waals surface area contributed by atoms with Gasteiger partial charge < -0.3 is 0 Å². The summed E-state index contributed by atoms with van der Waals surface area (Å²) in [5.41, 5.74) is 3.25. The molecule has 0 spiro atoms. The molecule has 1 heterocycles. The molecule has 2 aliphatic rings. The van der Waals surface area contributed by atoms with Crippen LogP contribution in [0, 0.1) is 0 Å². The SMILES string of the molecule is CN1CCC[C@@H]1c1ccccc1C1CC1. The summed E-state index contributed by atoms with van der Waals surface area (Å²) in [4.78, 5) is 2.52. The van der Waals surface area contributed by atoms with Gasteiger partial charge in [-0.05, 0) is 56.3 Å². The van der Waals surface area contributed by atoms with Gasteiger partial charge in [-0.1, -0.05) is 24.3 Å². The van der Waals surface area contributed by atoms with Crippen LogP contribution in [0.5, 0.6) is 0 Å². The molecular formula is C14H19N. The Balaban J connectivity index is 1.95. The fourth-order valence-corrected chi connectivity index (χ4v) is 2.88. The van der Waals surface area contributed by atoms with Crippen LogP contribution in [0.1, 0.15) is 48.8 Å². The van der Waals surface area contributed by atoms with Gasteiger partial charge in [-0.3, -0.25) is 4.90 Å². The van der Waals surface area contributed by atoms with Crippen molar-refractivity contribution in [3.05, 3.63) is 35.4 Å². The predicted molar refractivity (Wildman–Crippen MR) is 63.0 cm³/mol. The minimum atomic E-state index is 0.696. The highest BCUT2D eigenvalue weighted by molar-refractivity contribution is 5.35. The molecule has 3 rings (SSSR count). The van der Waals surface area contributed by atoms with Gasteiger partial charge in [-0.15, -0.1) is 0 Å². The molecule has 1 heteroatoms. The zero-order valence-electron chi connectivity index (χ0n) is 9.45. The van der Waals surface area contributed by atoms with E-state index < -0.39 is 0 Å². The van der Waals surface area contributed by atoms with Crippen molar-refractivity contribution in [2.24, 2.45) is 0 Å². The lowest BCUT2D eigenvalue weighted by molar-refractivity contribution is 0.316. The van der Waals surface area contributed by atoms with Gasteiger partial charge in [0, 0.05) is 6.04 Å². The molecule has 1 aliphatic heterocycles. The van der Waals surface area contributed by atoms with Gasteiger partial charge >= 0.3 is 0 Å². The lowest BCUT2D eigenvalue weighted by Gasteiger charge is -2.22. The van der Waals surface area contributed by atoms with E-state index in [9.17, 15) is 0 Å². The standard InChI is InChI=1S/C14H19N/c1-15-10-4-7-14(15)13-6-3-2-5-12(13)11-8-9-11/h2-3,5-6,11,14H,4,7-10H2,1H3/t14-/m1/s1. The molecule has 1 aliphatic carbocycles. The second-order valence-corrected chi connectivity index (χ2v) is 5.04. The van der Waals surface area contributed by atoms with E-state index >= 15 is 0 Å². The zero-order valence-corrected chi connectivity index (χ0v) is 9.45. The second-order valence-electron chi connectivity index (χ2n) is 5.04. The number of hydrogen-bond donors (Lipinski definition) is 0. The van der Waals surface area contributed by atoms with Gasteiger partial charge in [0.15, 0.2) is 0 Å². The summed E-state index contributed by atoms with van der Waals surface area (Å²) in [5, 5.41) is 0. The lowest BCUT2D eigenvalue weighted by atomic mass is 9.96. The number of hydrogen-bond acceptors (Lipinski definition) is 1. The van der Waals surface area contributed by atoms with E-state index in [1.54, 1.807) is 11.1 Å². The number of nitrogens with zero attached hydrogens (tertiary/aromatic N) is 1. The Morgan fingerprint density at radius 3 is 2.40 bits per heavy atom. The summed E-state index contributed by atoms with van der Waals surface area (Å²) in [7, 11) is 2.27. The van der Waals surface area contributed by atoms with Crippen molar-refractivity contribution in [3.8, 4) is 0 Å². The zero-order chi connectivity index (χ0) is 10.3. The van der Waals surface area contributed by atoms with E-state index in [1.165, 1.54) is 32.2 Å². The molecule has 0 bridgehead atoms. The molecule has 1 saturated heterocycles. The molecule has 1 aromatic carbocycles. The Kier molecular flexibility index (Phi) is 2.28. The van der Waals surface area contributed by atoms with Crippen molar-refractivity contribution in [1.82, 2.24) is 4.90 Å². The molecule has 80 valence electrons. The summed E-state index contributed by atoms with van der Waals surface area (Å²) < 4.78 is 0. The van der Waals surface area contributed by atoms with Gasteiger partial charge in [-0.2, -0.15) is 0 Å². The summed E-state index contributed by atoms with van der Waals surface area (Å²) >= 11 is 0. The molecular weight excluding hydrogens is 182 g/mol. The maximum absolute atomic E-state index is 2.52. The molecule has 1 saturated carbocycles. The van der Waals surface area contributed by atoms with Crippen molar-refractivity contribution in [2.45, 2.75) is 37.6 Å². The molecule has 0 unspecified atom stereocenters. The van der Waals surface area contributed by atoms with E-state index in [-0.39, 0.29) is 0 Å². The van der Waals surface area contributed by atoms with Crippen molar-refractivity contribution in [2.75, 3.05) is 13.6 Å². The largest absolute Gasteiger partial charge is 0.299 e. The first-order valence-corrected chi connectivity index (χ1v) is 6.15. The normalized spacial score (nSPS) is 27.1. The molecule has 0 amide bonds. The maximum atomic E-state index is 2.52. The monoisotopic (exact) mass is 201 g/mol. The molecule has 0 N–H and O–H groups in total. The van der Waals surface area contributed by atoms with E-state index in [0.717, 1.165) is 5.92 Å². The van der Waals surface area contributed by atoms with Crippen LogP contribution in [-0.4, -0.2) is 18.5 Å². The van der Waals surface area contributed by atoms with E-state index in [0.29, 0.717) is 6.04 Å². The van der Waals surface area contributed by atoms with Gasteiger partial charge in [-0.25, -0.2) is 0 Å². The molecule has 1 aromatic rings. The molecule has 0 radical (unpaired) electrons. The van der Waals surface area contributed by atoms with E-state index in [4.69, 9.17) is 0 Å². The summed E-state index contributed by atoms with van der Waals surface area (Å²) in [5.74, 6) is 0.884. The summed E-state index contributed by atoms with van der Waals surface area (Å²) in [6.07, 6.45) is 5.53. The van der Waals surface area contributed by atoms with Crippen LogP contribution in [0.2, 0.25) is 0 Å². The van der Waals surface area contributed by atoms with Crippen LogP contribution in [0.3, 0.4) is 0 Å².